The number of carbonyl (C=O) groups is 3. The highest BCUT2D eigenvalue weighted by molar-refractivity contribution is 5.83. The lowest BCUT2D eigenvalue weighted by Gasteiger charge is -2.32. The van der Waals surface area contributed by atoms with Gasteiger partial charge >= 0.3 is 12.0 Å². The SMILES string of the molecule is COCC1CCN(C(=O)N[C@H](CCC(N)=O)C(=O)O)CC1. The van der Waals surface area contributed by atoms with E-state index in [-0.39, 0.29) is 12.8 Å². The van der Waals surface area contributed by atoms with Gasteiger partial charge in [0.2, 0.25) is 5.91 Å². The molecule has 1 aliphatic rings. The number of nitrogens with zero attached hydrogens (tertiary/aromatic N) is 1. The second-order valence-corrected chi connectivity index (χ2v) is 5.23. The van der Waals surface area contributed by atoms with Gasteiger partial charge in [-0.2, -0.15) is 0 Å². The van der Waals surface area contributed by atoms with Crippen molar-refractivity contribution in [3.05, 3.63) is 0 Å². The van der Waals surface area contributed by atoms with Crippen molar-refractivity contribution in [2.75, 3.05) is 26.8 Å². The van der Waals surface area contributed by atoms with Crippen molar-refractivity contribution in [1.82, 2.24) is 10.2 Å². The maximum absolute atomic E-state index is 12.0. The van der Waals surface area contributed by atoms with Crippen LogP contribution in [0.3, 0.4) is 0 Å². The fraction of sp³-hybridized carbons (Fsp3) is 0.769. The summed E-state index contributed by atoms with van der Waals surface area (Å²) in [5.41, 5.74) is 4.99. The summed E-state index contributed by atoms with van der Waals surface area (Å²) in [7, 11) is 1.65. The summed E-state index contributed by atoms with van der Waals surface area (Å²) in [5.74, 6) is -1.32. The van der Waals surface area contributed by atoms with Crippen LogP contribution in [-0.4, -0.2) is 60.8 Å². The molecule has 4 N–H and O–H groups in total. The van der Waals surface area contributed by atoms with E-state index in [2.05, 4.69) is 5.32 Å². The molecule has 1 atom stereocenters. The second-order valence-electron chi connectivity index (χ2n) is 5.23. The number of nitrogens with one attached hydrogen (secondary N) is 1. The number of amides is 3. The Morgan fingerprint density at radius 2 is 2.00 bits per heavy atom. The Labute approximate surface area is 123 Å². The molecular formula is C13H23N3O5. The summed E-state index contributed by atoms with van der Waals surface area (Å²) < 4.78 is 5.09. The monoisotopic (exact) mass is 301 g/mol. The summed E-state index contributed by atoms with van der Waals surface area (Å²) in [6, 6.07) is -1.51. The third-order valence-electron chi connectivity index (χ3n) is 3.58. The van der Waals surface area contributed by atoms with Gasteiger partial charge in [0.1, 0.15) is 6.04 Å². The minimum absolute atomic E-state index is 0.00343. The lowest BCUT2D eigenvalue weighted by atomic mass is 9.98. The van der Waals surface area contributed by atoms with Crippen LogP contribution in [-0.2, 0) is 14.3 Å². The van der Waals surface area contributed by atoms with E-state index in [0.717, 1.165) is 12.8 Å². The highest BCUT2D eigenvalue weighted by Crippen LogP contribution is 2.17. The molecule has 0 spiro atoms. The number of carboxylic acid groups (broad SMARTS) is 1. The highest BCUT2D eigenvalue weighted by Gasteiger charge is 2.26. The number of nitrogens with two attached hydrogens (primary N) is 1. The van der Waals surface area contributed by atoms with Gasteiger partial charge in [-0.25, -0.2) is 9.59 Å². The predicted molar refractivity (Wildman–Crippen MR) is 74.6 cm³/mol. The molecule has 0 unspecified atom stereocenters. The van der Waals surface area contributed by atoms with Gasteiger partial charge in [0.15, 0.2) is 0 Å². The maximum atomic E-state index is 12.0. The largest absolute Gasteiger partial charge is 0.480 e. The van der Waals surface area contributed by atoms with E-state index in [1.54, 1.807) is 12.0 Å². The fourth-order valence-corrected chi connectivity index (χ4v) is 2.32. The molecule has 1 heterocycles. The van der Waals surface area contributed by atoms with E-state index in [1.807, 2.05) is 0 Å². The fourth-order valence-electron chi connectivity index (χ4n) is 2.32. The number of urea groups is 1. The lowest BCUT2D eigenvalue weighted by molar-refractivity contribution is -0.139. The molecule has 8 nitrogen and oxygen atoms in total. The van der Waals surface area contributed by atoms with Crippen LogP contribution < -0.4 is 11.1 Å². The smallest absolute Gasteiger partial charge is 0.326 e. The van der Waals surface area contributed by atoms with Gasteiger partial charge in [0, 0.05) is 33.2 Å². The summed E-state index contributed by atoms with van der Waals surface area (Å²) in [6.45, 7) is 1.82. The van der Waals surface area contributed by atoms with Crippen LogP contribution in [0.5, 0.6) is 0 Å². The van der Waals surface area contributed by atoms with E-state index in [1.165, 1.54) is 0 Å². The molecular weight excluding hydrogens is 278 g/mol. The molecule has 1 aliphatic heterocycles. The Kier molecular flexibility index (Phi) is 6.93. The number of rotatable bonds is 7. The molecule has 21 heavy (non-hydrogen) atoms. The Bertz CT molecular complexity index is 380. The van der Waals surface area contributed by atoms with Gasteiger partial charge in [0.05, 0.1) is 0 Å². The number of hydrogen-bond donors (Lipinski definition) is 3. The Balaban J connectivity index is 2.43. The number of aliphatic carboxylic acids is 1. The number of primary amides is 1. The molecule has 0 aromatic heterocycles. The molecule has 3 amide bonds. The first-order chi connectivity index (χ1) is 9.93. The van der Waals surface area contributed by atoms with Crippen LogP contribution in [0, 0.1) is 5.92 Å². The number of carboxylic acids is 1. The third kappa shape index (κ3) is 5.99. The van der Waals surface area contributed by atoms with Crippen LogP contribution in [0.25, 0.3) is 0 Å². The number of hydrogen-bond acceptors (Lipinski definition) is 4. The molecule has 0 aromatic rings. The van der Waals surface area contributed by atoms with Crippen LogP contribution in [0.4, 0.5) is 4.79 Å². The molecule has 0 aliphatic carbocycles. The Hall–Kier alpha value is -1.83. The zero-order valence-electron chi connectivity index (χ0n) is 12.2. The van der Waals surface area contributed by atoms with Gasteiger partial charge in [0.25, 0.3) is 0 Å². The van der Waals surface area contributed by atoms with Crippen molar-refractivity contribution >= 4 is 17.9 Å². The zero-order valence-corrected chi connectivity index (χ0v) is 12.2. The number of methoxy groups -OCH3 is 1. The predicted octanol–water partition coefficient (Wildman–Crippen LogP) is -0.227. The Morgan fingerprint density at radius 1 is 1.38 bits per heavy atom. The standard InChI is InChI=1S/C13H23N3O5/c1-21-8-9-4-6-16(7-5-9)13(20)15-10(12(18)19)2-3-11(14)17/h9-10H,2-8H2,1H3,(H2,14,17)(H,15,20)(H,18,19)/t10-/m1/s1. The van der Waals surface area contributed by atoms with Gasteiger partial charge in [-0.15, -0.1) is 0 Å². The summed E-state index contributed by atoms with van der Waals surface area (Å²) in [6.07, 6.45) is 1.59. The summed E-state index contributed by atoms with van der Waals surface area (Å²) in [5, 5.41) is 11.5. The second kappa shape index (κ2) is 8.46. The first-order valence-corrected chi connectivity index (χ1v) is 6.99. The number of likely N-dealkylation sites (tertiary alicyclic amines) is 1. The molecule has 0 aromatic carbocycles. The number of ether oxygens (including phenoxy) is 1. The Morgan fingerprint density at radius 3 is 2.48 bits per heavy atom. The van der Waals surface area contributed by atoms with Crippen molar-refractivity contribution in [3.8, 4) is 0 Å². The molecule has 1 fully saturated rings. The lowest BCUT2D eigenvalue weighted by Crippen LogP contribution is -2.50. The van der Waals surface area contributed by atoms with Crippen molar-refractivity contribution < 1.29 is 24.2 Å². The molecule has 8 heteroatoms. The van der Waals surface area contributed by atoms with Crippen molar-refractivity contribution in [1.29, 1.82) is 0 Å². The quantitative estimate of drug-likeness (QED) is 0.599. The van der Waals surface area contributed by atoms with Crippen molar-refractivity contribution in [2.45, 2.75) is 31.7 Å². The minimum Gasteiger partial charge on any atom is -0.480 e. The van der Waals surface area contributed by atoms with E-state index in [4.69, 9.17) is 15.6 Å². The third-order valence-corrected chi connectivity index (χ3v) is 3.58. The first kappa shape index (κ1) is 17.2. The topological polar surface area (TPSA) is 122 Å². The normalized spacial score (nSPS) is 17.3. The van der Waals surface area contributed by atoms with E-state index >= 15 is 0 Å². The molecule has 0 bridgehead atoms. The summed E-state index contributed by atoms with van der Waals surface area (Å²) >= 11 is 0. The summed E-state index contributed by atoms with van der Waals surface area (Å²) in [4.78, 5) is 35.4. The maximum Gasteiger partial charge on any atom is 0.326 e. The number of piperidine rings is 1. The van der Waals surface area contributed by atoms with Crippen molar-refractivity contribution in [3.63, 3.8) is 0 Å². The van der Waals surface area contributed by atoms with Crippen molar-refractivity contribution in [2.24, 2.45) is 11.7 Å². The molecule has 120 valence electrons. The minimum atomic E-state index is -1.17. The van der Waals surface area contributed by atoms with Crippen LogP contribution in [0.15, 0.2) is 0 Å². The first-order valence-electron chi connectivity index (χ1n) is 6.99. The molecule has 1 saturated heterocycles. The average Bonchev–Trinajstić information content (AvgIpc) is 2.43. The molecule has 0 saturated carbocycles. The molecule has 0 radical (unpaired) electrons. The molecule has 1 rings (SSSR count). The van der Waals surface area contributed by atoms with E-state index < -0.39 is 23.9 Å². The number of carbonyl (C=O) groups excluding carboxylic acids is 2. The van der Waals surface area contributed by atoms with Crippen LogP contribution in [0.2, 0.25) is 0 Å². The van der Waals surface area contributed by atoms with Gasteiger partial charge in [-0.05, 0) is 25.2 Å². The zero-order chi connectivity index (χ0) is 15.8. The van der Waals surface area contributed by atoms with Gasteiger partial charge in [-0.3, -0.25) is 4.79 Å². The van der Waals surface area contributed by atoms with E-state index in [0.29, 0.717) is 25.6 Å². The highest BCUT2D eigenvalue weighted by atomic mass is 16.5. The van der Waals surface area contributed by atoms with E-state index in [9.17, 15) is 14.4 Å². The average molecular weight is 301 g/mol. The van der Waals surface area contributed by atoms with Crippen LogP contribution >= 0.6 is 0 Å². The van der Waals surface area contributed by atoms with Crippen LogP contribution in [0.1, 0.15) is 25.7 Å². The van der Waals surface area contributed by atoms with Gasteiger partial charge in [-0.1, -0.05) is 0 Å². The van der Waals surface area contributed by atoms with Gasteiger partial charge < -0.3 is 25.8 Å².